The van der Waals surface area contributed by atoms with Crippen molar-refractivity contribution in [1.82, 2.24) is 4.90 Å². The maximum atomic E-state index is 5.85. The lowest BCUT2D eigenvalue weighted by Crippen LogP contribution is -2.29. The summed E-state index contributed by atoms with van der Waals surface area (Å²) in [4.78, 5) is 4.00. The van der Waals surface area contributed by atoms with Crippen LogP contribution in [0.5, 0.6) is 0 Å². The summed E-state index contributed by atoms with van der Waals surface area (Å²) < 4.78 is 0. The van der Waals surface area contributed by atoms with Crippen molar-refractivity contribution in [1.29, 1.82) is 0 Å². The molecule has 0 spiro atoms. The van der Waals surface area contributed by atoms with Gasteiger partial charge in [-0.3, -0.25) is 4.90 Å². The van der Waals surface area contributed by atoms with E-state index in [1.165, 1.54) is 16.0 Å². The second kappa shape index (κ2) is 4.75. The van der Waals surface area contributed by atoms with Crippen LogP contribution in [0.3, 0.4) is 0 Å². The lowest BCUT2D eigenvalue weighted by Gasteiger charge is -2.23. The summed E-state index contributed by atoms with van der Waals surface area (Å²) in [6, 6.07) is 11.2. The highest BCUT2D eigenvalue weighted by molar-refractivity contribution is 7.09. The first-order valence-electron chi connectivity index (χ1n) is 6.36. The van der Waals surface area contributed by atoms with Gasteiger partial charge in [0.2, 0.25) is 0 Å². The van der Waals surface area contributed by atoms with Gasteiger partial charge in [0.05, 0.1) is 0 Å². The molecule has 0 saturated heterocycles. The Balaban J connectivity index is 1.69. The van der Waals surface area contributed by atoms with Crippen LogP contribution in [0.25, 0.3) is 0 Å². The number of hydrogen-bond donors (Lipinski definition) is 1. The molecule has 0 radical (unpaired) electrons. The monoisotopic (exact) mass is 258 g/mol. The Labute approximate surface area is 112 Å². The molecule has 0 saturated carbocycles. The van der Waals surface area contributed by atoms with Crippen molar-refractivity contribution in [2.24, 2.45) is 0 Å². The molecular weight excluding hydrogens is 240 g/mol. The highest BCUT2D eigenvalue weighted by Gasteiger charge is 2.23. The first-order valence-corrected chi connectivity index (χ1v) is 7.24. The fourth-order valence-corrected chi connectivity index (χ4v) is 3.43. The minimum Gasteiger partial charge on any atom is -0.399 e. The molecule has 2 nitrogen and oxygen atoms in total. The first kappa shape index (κ1) is 11.8. The molecule has 1 aromatic heterocycles. The van der Waals surface area contributed by atoms with Crippen molar-refractivity contribution in [3.63, 3.8) is 0 Å². The van der Waals surface area contributed by atoms with Gasteiger partial charge >= 0.3 is 0 Å². The van der Waals surface area contributed by atoms with Gasteiger partial charge < -0.3 is 5.73 Å². The Kier molecular flexibility index (Phi) is 3.10. The molecule has 1 aliphatic rings. The normalized spacial score (nSPS) is 16.7. The van der Waals surface area contributed by atoms with Crippen LogP contribution in [0.4, 0.5) is 5.69 Å². The van der Waals surface area contributed by atoms with Crippen LogP contribution >= 0.6 is 11.3 Å². The summed E-state index contributed by atoms with van der Waals surface area (Å²) in [7, 11) is 0. The molecule has 1 atom stereocenters. The number of fused-ring (bicyclic) bond motifs is 1. The number of benzene rings is 1. The van der Waals surface area contributed by atoms with Crippen LogP contribution in [0, 0.1) is 0 Å². The van der Waals surface area contributed by atoms with E-state index < -0.39 is 0 Å². The number of thiophene rings is 1. The molecule has 1 unspecified atom stereocenters. The third-order valence-corrected chi connectivity index (χ3v) is 4.58. The van der Waals surface area contributed by atoms with Gasteiger partial charge in [-0.1, -0.05) is 12.1 Å². The van der Waals surface area contributed by atoms with E-state index in [0.717, 1.165) is 25.2 Å². The molecule has 0 fully saturated rings. The maximum Gasteiger partial charge on any atom is 0.0317 e. The summed E-state index contributed by atoms with van der Waals surface area (Å²) in [6.45, 7) is 4.41. The molecule has 2 aromatic rings. The first-order chi connectivity index (χ1) is 8.72. The molecule has 0 bridgehead atoms. The van der Waals surface area contributed by atoms with E-state index in [9.17, 15) is 0 Å². The van der Waals surface area contributed by atoms with E-state index in [0.29, 0.717) is 6.04 Å². The lowest BCUT2D eigenvalue weighted by molar-refractivity contribution is 0.212. The SMILES string of the molecule is CC(Cc1cccs1)N1Cc2ccc(N)cc2C1. The average Bonchev–Trinajstić information content (AvgIpc) is 2.96. The Hall–Kier alpha value is -1.32. The van der Waals surface area contributed by atoms with E-state index in [1.54, 1.807) is 0 Å². The van der Waals surface area contributed by atoms with E-state index in [1.807, 2.05) is 17.4 Å². The van der Waals surface area contributed by atoms with E-state index >= 15 is 0 Å². The summed E-state index contributed by atoms with van der Waals surface area (Å²) in [6.07, 6.45) is 1.14. The zero-order valence-corrected chi connectivity index (χ0v) is 11.4. The van der Waals surface area contributed by atoms with Gasteiger partial charge in [-0.05, 0) is 48.1 Å². The highest BCUT2D eigenvalue weighted by atomic mass is 32.1. The Morgan fingerprint density at radius 3 is 2.89 bits per heavy atom. The molecule has 2 N–H and O–H groups in total. The van der Waals surface area contributed by atoms with Crippen LogP contribution in [0.15, 0.2) is 35.7 Å². The van der Waals surface area contributed by atoms with Crippen molar-refractivity contribution >= 4 is 17.0 Å². The van der Waals surface area contributed by atoms with Crippen molar-refractivity contribution in [2.75, 3.05) is 5.73 Å². The summed E-state index contributed by atoms with van der Waals surface area (Å²) in [5, 5.41) is 2.15. The van der Waals surface area contributed by atoms with Crippen molar-refractivity contribution in [3.8, 4) is 0 Å². The van der Waals surface area contributed by atoms with Gasteiger partial charge in [-0.15, -0.1) is 11.3 Å². The van der Waals surface area contributed by atoms with E-state index in [4.69, 9.17) is 5.73 Å². The third-order valence-electron chi connectivity index (χ3n) is 3.68. The Morgan fingerprint density at radius 1 is 1.28 bits per heavy atom. The second-order valence-corrected chi connectivity index (χ2v) is 6.10. The van der Waals surface area contributed by atoms with Gasteiger partial charge in [-0.25, -0.2) is 0 Å². The molecular formula is C15H18N2S. The maximum absolute atomic E-state index is 5.85. The summed E-state index contributed by atoms with van der Waals surface area (Å²) in [5.41, 5.74) is 9.55. The minimum atomic E-state index is 0.581. The van der Waals surface area contributed by atoms with Crippen molar-refractivity contribution in [2.45, 2.75) is 32.5 Å². The van der Waals surface area contributed by atoms with Crippen molar-refractivity contribution < 1.29 is 0 Å². The highest BCUT2D eigenvalue weighted by Crippen LogP contribution is 2.27. The molecule has 0 aliphatic carbocycles. The Bertz CT molecular complexity index is 533. The zero-order valence-electron chi connectivity index (χ0n) is 10.6. The smallest absolute Gasteiger partial charge is 0.0317 e. The molecule has 3 heteroatoms. The number of anilines is 1. The molecule has 0 amide bonds. The van der Waals surface area contributed by atoms with Crippen LogP contribution < -0.4 is 5.73 Å². The van der Waals surface area contributed by atoms with E-state index in [2.05, 4.69) is 41.5 Å². The quantitative estimate of drug-likeness (QED) is 0.856. The summed E-state index contributed by atoms with van der Waals surface area (Å²) >= 11 is 1.85. The molecule has 94 valence electrons. The van der Waals surface area contributed by atoms with Crippen LogP contribution in [-0.4, -0.2) is 10.9 Å². The van der Waals surface area contributed by atoms with Crippen LogP contribution in [-0.2, 0) is 19.5 Å². The number of rotatable bonds is 3. The largest absolute Gasteiger partial charge is 0.399 e. The fourth-order valence-electron chi connectivity index (χ4n) is 2.60. The van der Waals surface area contributed by atoms with Gasteiger partial charge in [0.15, 0.2) is 0 Å². The summed E-state index contributed by atoms with van der Waals surface area (Å²) in [5.74, 6) is 0. The predicted octanol–water partition coefficient (Wildman–Crippen LogP) is 3.28. The lowest BCUT2D eigenvalue weighted by atomic mass is 10.1. The van der Waals surface area contributed by atoms with Crippen LogP contribution in [0.1, 0.15) is 22.9 Å². The van der Waals surface area contributed by atoms with Gasteiger partial charge in [0, 0.05) is 29.7 Å². The average molecular weight is 258 g/mol. The van der Waals surface area contributed by atoms with E-state index in [-0.39, 0.29) is 0 Å². The minimum absolute atomic E-state index is 0.581. The second-order valence-electron chi connectivity index (χ2n) is 5.07. The molecule has 3 rings (SSSR count). The van der Waals surface area contributed by atoms with Crippen molar-refractivity contribution in [3.05, 3.63) is 51.7 Å². The number of nitrogen functional groups attached to an aromatic ring is 1. The van der Waals surface area contributed by atoms with Crippen LogP contribution in [0.2, 0.25) is 0 Å². The molecule has 1 aliphatic heterocycles. The fraction of sp³-hybridized carbons (Fsp3) is 0.333. The standard InChI is InChI=1S/C15H18N2S/c1-11(7-15-3-2-6-18-15)17-9-12-4-5-14(16)8-13(12)10-17/h2-6,8,11H,7,9-10,16H2,1H3. The molecule has 18 heavy (non-hydrogen) atoms. The Morgan fingerprint density at radius 2 is 2.11 bits per heavy atom. The molecule has 1 aromatic carbocycles. The topological polar surface area (TPSA) is 29.3 Å². The van der Waals surface area contributed by atoms with Gasteiger partial charge in [-0.2, -0.15) is 0 Å². The third kappa shape index (κ3) is 2.28. The number of nitrogens with two attached hydrogens (primary N) is 1. The predicted molar refractivity (Wildman–Crippen MR) is 77.6 cm³/mol. The number of hydrogen-bond acceptors (Lipinski definition) is 3. The number of nitrogens with zero attached hydrogens (tertiary/aromatic N) is 1. The molecule has 2 heterocycles. The van der Waals surface area contributed by atoms with Gasteiger partial charge in [0.1, 0.15) is 0 Å². The zero-order chi connectivity index (χ0) is 12.5. The van der Waals surface area contributed by atoms with Gasteiger partial charge in [0.25, 0.3) is 0 Å².